The number of ether oxygens (including phenoxy) is 1. The third kappa shape index (κ3) is 1.02. The summed E-state index contributed by atoms with van der Waals surface area (Å²) in [6, 6.07) is 8.44. The van der Waals surface area contributed by atoms with Crippen LogP contribution in [-0.2, 0) is 5.54 Å². The zero-order chi connectivity index (χ0) is 10.5. The van der Waals surface area contributed by atoms with Gasteiger partial charge in [-0.05, 0) is 19.5 Å². The number of likely N-dealkylation sites (N-methyl/N-ethyl adjacent to an activating group) is 1. The fourth-order valence-electron chi connectivity index (χ4n) is 2.89. The summed E-state index contributed by atoms with van der Waals surface area (Å²) in [5.74, 6) is 1.00. The molecule has 2 aliphatic rings. The van der Waals surface area contributed by atoms with E-state index in [1.165, 1.54) is 5.56 Å². The summed E-state index contributed by atoms with van der Waals surface area (Å²) in [5.41, 5.74) is 7.45. The van der Waals surface area contributed by atoms with E-state index in [2.05, 4.69) is 24.1 Å². The molecule has 0 bridgehead atoms. The van der Waals surface area contributed by atoms with Crippen LogP contribution >= 0.6 is 0 Å². The minimum atomic E-state index is -0.0728. The van der Waals surface area contributed by atoms with Crippen LogP contribution in [0.25, 0.3) is 0 Å². The third-order valence-electron chi connectivity index (χ3n) is 3.87. The summed E-state index contributed by atoms with van der Waals surface area (Å²) in [7, 11) is 2.14. The first kappa shape index (κ1) is 9.19. The van der Waals surface area contributed by atoms with Crippen LogP contribution in [0.2, 0.25) is 0 Å². The van der Waals surface area contributed by atoms with E-state index in [1.54, 1.807) is 0 Å². The fourth-order valence-corrected chi connectivity index (χ4v) is 2.89. The molecule has 1 aromatic rings. The number of para-hydroxylation sites is 1. The molecule has 2 heterocycles. The molecule has 0 radical (unpaired) electrons. The van der Waals surface area contributed by atoms with Crippen LogP contribution in [0, 0.1) is 0 Å². The molecular weight excluding hydrogens is 188 g/mol. The Bertz CT molecular complexity index is 381. The molecule has 0 aliphatic carbocycles. The molecule has 1 saturated heterocycles. The summed E-state index contributed by atoms with van der Waals surface area (Å²) >= 11 is 0. The molecule has 80 valence electrons. The van der Waals surface area contributed by atoms with Gasteiger partial charge in [-0.15, -0.1) is 0 Å². The van der Waals surface area contributed by atoms with Gasteiger partial charge in [0.1, 0.15) is 12.4 Å². The van der Waals surface area contributed by atoms with Gasteiger partial charge in [-0.2, -0.15) is 0 Å². The number of nitrogens with zero attached hydrogens (tertiary/aromatic N) is 1. The molecular formula is C12H16N2O. The molecule has 3 rings (SSSR count). The Hall–Kier alpha value is -1.06. The molecule has 3 nitrogen and oxygen atoms in total. The van der Waals surface area contributed by atoms with Crippen LogP contribution in [0.5, 0.6) is 5.75 Å². The largest absolute Gasteiger partial charge is 0.491 e. The van der Waals surface area contributed by atoms with Crippen LogP contribution < -0.4 is 10.5 Å². The van der Waals surface area contributed by atoms with Gasteiger partial charge in [-0.25, -0.2) is 0 Å². The van der Waals surface area contributed by atoms with Gasteiger partial charge in [0.2, 0.25) is 0 Å². The van der Waals surface area contributed by atoms with Gasteiger partial charge in [-0.3, -0.25) is 4.90 Å². The van der Waals surface area contributed by atoms with E-state index in [4.69, 9.17) is 10.5 Å². The van der Waals surface area contributed by atoms with E-state index in [-0.39, 0.29) is 11.6 Å². The van der Waals surface area contributed by atoms with Crippen molar-refractivity contribution in [1.82, 2.24) is 4.90 Å². The summed E-state index contributed by atoms with van der Waals surface area (Å²) in [5, 5.41) is 0. The second kappa shape index (κ2) is 2.97. The van der Waals surface area contributed by atoms with Crippen molar-refractivity contribution in [2.75, 3.05) is 20.2 Å². The van der Waals surface area contributed by atoms with Crippen LogP contribution in [0.3, 0.4) is 0 Å². The lowest BCUT2D eigenvalue weighted by molar-refractivity contribution is 0.118. The van der Waals surface area contributed by atoms with E-state index in [0.29, 0.717) is 6.61 Å². The van der Waals surface area contributed by atoms with Crippen molar-refractivity contribution in [1.29, 1.82) is 0 Å². The van der Waals surface area contributed by atoms with Gasteiger partial charge >= 0.3 is 0 Å². The number of rotatable bonds is 0. The average Bonchev–Trinajstić information content (AvgIpc) is 2.77. The fraction of sp³-hybridized carbons (Fsp3) is 0.500. The van der Waals surface area contributed by atoms with E-state index < -0.39 is 0 Å². The minimum absolute atomic E-state index is 0.0728. The lowest BCUT2D eigenvalue weighted by atomic mass is 9.86. The molecule has 2 aliphatic heterocycles. The van der Waals surface area contributed by atoms with Gasteiger partial charge < -0.3 is 10.5 Å². The van der Waals surface area contributed by atoms with Crippen molar-refractivity contribution in [3.05, 3.63) is 29.8 Å². The first-order chi connectivity index (χ1) is 7.25. The SMILES string of the molecule is CN1CCC(N)C12COc1ccccc12. The molecule has 1 spiro atoms. The van der Waals surface area contributed by atoms with E-state index in [1.807, 2.05) is 12.1 Å². The predicted molar refractivity (Wildman–Crippen MR) is 58.8 cm³/mol. The van der Waals surface area contributed by atoms with Crippen molar-refractivity contribution in [2.45, 2.75) is 18.0 Å². The van der Waals surface area contributed by atoms with Crippen LogP contribution in [0.15, 0.2) is 24.3 Å². The molecule has 15 heavy (non-hydrogen) atoms. The highest BCUT2D eigenvalue weighted by atomic mass is 16.5. The Morgan fingerprint density at radius 1 is 1.47 bits per heavy atom. The van der Waals surface area contributed by atoms with Crippen molar-refractivity contribution >= 4 is 0 Å². The zero-order valence-electron chi connectivity index (χ0n) is 8.94. The van der Waals surface area contributed by atoms with Crippen molar-refractivity contribution in [3.63, 3.8) is 0 Å². The summed E-state index contributed by atoms with van der Waals surface area (Å²) in [6.07, 6.45) is 1.05. The third-order valence-corrected chi connectivity index (χ3v) is 3.87. The normalized spacial score (nSPS) is 34.4. The van der Waals surface area contributed by atoms with Crippen LogP contribution in [0.4, 0.5) is 0 Å². The van der Waals surface area contributed by atoms with Gasteiger partial charge in [-0.1, -0.05) is 18.2 Å². The lowest BCUT2D eigenvalue weighted by Gasteiger charge is -2.34. The number of nitrogens with two attached hydrogens (primary N) is 1. The predicted octanol–water partition coefficient (Wildman–Crippen LogP) is 0.937. The topological polar surface area (TPSA) is 38.5 Å². The molecule has 0 saturated carbocycles. The second-order valence-electron chi connectivity index (χ2n) is 4.53. The first-order valence-corrected chi connectivity index (χ1v) is 5.44. The molecule has 3 heteroatoms. The van der Waals surface area contributed by atoms with E-state index in [9.17, 15) is 0 Å². The lowest BCUT2D eigenvalue weighted by Crippen LogP contribution is -2.50. The Morgan fingerprint density at radius 3 is 3.00 bits per heavy atom. The molecule has 1 aromatic carbocycles. The Labute approximate surface area is 89.8 Å². The molecule has 2 atom stereocenters. The van der Waals surface area contributed by atoms with E-state index >= 15 is 0 Å². The standard InChI is InChI=1S/C12H16N2O/c1-14-7-6-11(13)12(14)8-15-10-5-3-2-4-9(10)12/h2-5,11H,6-8,13H2,1H3. The summed E-state index contributed by atoms with van der Waals surface area (Å²) in [4.78, 5) is 2.34. The Balaban J connectivity index is 2.15. The molecule has 0 aromatic heterocycles. The Kier molecular flexibility index (Phi) is 1.82. The molecule has 2 unspecified atom stereocenters. The summed E-state index contributed by atoms with van der Waals surface area (Å²) in [6.45, 7) is 1.75. The van der Waals surface area contributed by atoms with Crippen LogP contribution in [-0.4, -0.2) is 31.1 Å². The maximum absolute atomic E-state index is 6.26. The number of likely N-dealkylation sites (tertiary alicyclic amines) is 1. The highest BCUT2D eigenvalue weighted by molar-refractivity contribution is 5.45. The summed E-state index contributed by atoms with van der Waals surface area (Å²) < 4.78 is 5.76. The number of fused-ring (bicyclic) bond motifs is 2. The Morgan fingerprint density at radius 2 is 2.27 bits per heavy atom. The highest BCUT2D eigenvalue weighted by Crippen LogP contribution is 2.45. The number of hydrogen-bond donors (Lipinski definition) is 1. The minimum Gasteiger partial charge on any atom is -0.491 e. The van der Waals surface area contributed by atoms with Crippen molar-refractivity contribution in [2.24, 2.45) is 5.73 Å². The molecule has 0 amide bonds. The number of benzene rings is 1. The van der Waals surface area contributed by atoms with Gasteiger partial charge in [0.25, 0.3) is 0 Å². The van der Waals surface area contributed by atoms with Gasteiger partial charge in [0.15, 0.2) is 0 Å². The molecule has 2 N–H and O–H groups in total. The van der Waals surface area contributed by atoms with Gasteiger partial charge in [0.05, 0.1) is 5.54 Å². The monoisotopic (exact) mass is 204 g/mol. The first-order valence-electron chi connectivity index (χ1n) is 5.44. The maximum Gasteiger partial charge on any atom is 0.124 e. The quantitative estimate of drug-likeness (QED) is 0.683. The number of hydrogen-bond acceptors (Lipinski definition) is 3. The highest BCUT2D eigenvalue weighted by Gasteiger charge is 2.51. The second-order valence-corrected chi connectivity index (χ2v) is 4.53. The molecule has 1 fully saturated rings. The average molecular weight is 204 g/mol. The maximum atomic E-state index is 6.26. The van der Waals surface area contributed by atoms with E-state index in [0.717, 1.165) is 18.7 Å². The smallest absolute Gasteiger partial charge is 0.124 e. The van der Waals surface area contributed by atoms with Crippen LogP contribution in [0.1, 0.15) is 12.0 Å². The van der Waals surface area contributed by atoms with Gasteiger partial charge in [0, 0.05) is 18.2 Å². The zero-order valence-corrected chi connectivity index (χ0v) is 8.94. The van der Waals surface area contributed by atoms with Crippen molar-refractivity contribution in [3.8, 4) is 5.75 Å². The van der Waals surface area contributed by atoms with Crippen molar-refractivity contribution < 1.29 is 4.74 Å².